The monoisotopic (exact) mass is 396 g/mol. The first-order chi connectivity index (χ1) is 13.4. The van der Waals surface area contributed by atoms with Crippen LogP contribution in [-0.4, -0.2) is 43.8 Å². The number of hydrogen-bond donors (Lipinski definition) is 1. The minimum atomic E-state index is -3.50. The number of benzene rings is 2. The van der Waals surface area contributed by atoms with Crippen molar-refractivity contribution in [3.05, 3.63) is 66.5 Å². The Balaban J connectivity index is 1.52. The van der Waals surface area contributed by atoms with Crippen molar-refractivity contribution in [2.24, 2.45) is 0 Å². The predicted octanol–water partition coefficient (Wildman–Crippen LogP) is 2.87. The van der Waals surface area contributed by atoms with E-state index in [4.69, 9.17) is 0 Å². The first-order valence-electron chi connectivity index (χ1n) is 8.94. The molecule has 1 amide bonds. The maximum absolute atomic E-state index is 12.6. The number of nitrogens with zero attached hydrogens (tertiary/aromatic N) is 3. The van der Waals surface area contributed by atoms with Crippen LogP contribution < -0.4 is 9.62 Å². The Morgan fingerprint density at radius 2 is 1.82 bits per heavy atom. The molecule has 1 N–H and O–H groups in total. The van der Waals surface area contributed by atoms with E-state index in [0.29, 0.717) is 30.0 Å². The number of carbonyl (C=O) groups excluding carboxylic acids is 1. The van der Waals surface area contributed by atoms with Crippen LogP contribution in [-0.2, 0) is 10.2 Å². The minimum absolute atomic E-state index is 0.256. The number of amides is 1. The molecule has 1 aromatic heterocycles. The molecule has 0 spiro atoms. The SMILES string of the molecule is CN1CCCN(c2ccc(C(=O)Nc3ccc4ccncc4c3)cc2)S1(=O)=O. The molecule has 2 heterocycles. The largest absolute Gasteiger partial charge is 0.322 e. The molecule has 1 aliphatic heterocycles. The Morgan fingerprint density at radius 1 is 1.04 bits per heavy atom. The lowest BCUT2D eigenvalue weighted by molar-refractivity contribution is 0.102. The highest BCUT2D eigenvalue weighted by Crippen LogP contribution is 2.24. The third-order valence-corrected chi connectivity index (χ3v) is 6.74. The summed E-state index contributed by atoms with van der Waals surface area (Å²) in [4.78, 5) is 16.6. The molecule has 0 bridgehead atoms. The number of aromatic nitrogens is 1. The van der Waals surface area contributed by atoms with Gasteiger partial charge in [0.15, 0.2) is 0 Å². The maximum Gasteiger partial charge on any atom is 0.303 e. The average Bonchev–Trinajstić information content (AvgIpc) is 2.70. The number of rotatable bonds is 3. The summed E-state index contributed by atoms with van der Waals surface area (Å²) in [5.41, 5.74) is 1.69. The Morgan fingerprint density at radius 3 is 2.61 bits per heavy atom. The lowest BCUT2D eigenvalue weighted by atomic mass is 10.1. The van der Waals surface area contributed by atoms with E-state index >= 15 is 0 Å². The summed E-state index contributed by atoms with van der Waals surface area (Å²) >= 11 is 0. The van der Waals surface area contributed by atoms with Crippen LogP contribution in [0.5, 0.6) is 0 Å². The van der Waals surface area contributed by atoms with Gasteiger partial charge in [0.2, 0.25) is 0 Å². The van der Waals surface area contributed by atoms with Gasteiger partial charge in [-0.1, -0.05) is 6.07 Å². The molecule has 2 aromatic carbocycles. The molecule has 1 saturated heterocycles. The summed E-state index contributed by atoms with van der Waals surface area (Å²) < 4.78 is 27.6. The van der Waals surface area contributed by atoms with Crippen molar-refractivity contribution in [1.82, 2.24) is 9.29 Å². The van der Waals surface area contributed by atoms with E-state index in [0.717, 1.165) is 17.2 Å². The van der Waals surface area contributed by atoms with Crippen molar-refractivity contribution in [2.45, 2.75) is 6.42 Å². The summed E-state index contributed by atoms with van der Waals surface area (Å²) in [5.74, 6) is -0.256. The van der Waals surface area contributed by atoms with E-state index in [-0.39, 0.29) is 5.91 Å². The molecule has 0 unspecified atom stereocenters. The van der Waals surface area contributed by atoms with Gasteiger partial charge in [-0.25, -0.2) is 0 Å². The highest BCUT2D eigenvalue weighted by molar-refractivity contribution is 7.90. The molecule has 0 aliphatic carbocycles. The number of nitrogens with one attached hydrogen (secondary N) is 1. The second-order valence-electron chi connectivity index (χ2n) is 6.69. The van der Waals surface area contributed by atoms with Gasteiger partial charge in [-0.05, 0) is 54.3 Å². The predicted molar refractivity (Wildman–Crippen MR) is 110 cm³/mol. The quantitative estimate of drug-likeness (QED) is 0.738. The Bertz CT molecular complexity index is 1130. The molecular weight excluding hydrogens is 376 g/mol. The van der Waals surface area contributed by atoms with Crippen LogP contribution in [0, 0.1) is 0 Å². The molecule has 3 aromatic rings. The lowest BCUT2D eigenvalue weighted by Gasteiger charge is -2.33. The highest BCUT2D eigenvalue weighted by atomic mass is 32.2. The van der Waals surface area contributed by atoms with Crippen molar-refractivity contribution in [3.63, 3.8) is 0 Å². The van der Waals surface area contributed by atoms with Gasteiger partial charge in [0, 0.05) is 49.2 Å². The van der Waals surface area contributed by atoms with E-state index in [1.54, 1.807) is 43.7 Å². The number of hydrogen-bond acceptors (Lipinski definition) is 4. The van der Waals surface area contributed by atoms with Gasteiger partial charge in [0.05, 0.1) is 5.69 Å². The zero-order valence-corrected chi connectivity index (χ0v) is 16.2. The van der Waals surface area contributed by atoms with Crippen molar-refractivity contribution in [3.8, 4) is 0 Å². The Hall–Kier alpha value is -2.97. The lowest BCUT2D eigenvalue weighted by Crippen LogP contribution is -2.47. The molecule has 28 heavy (non-hydrogen) atoms. The topological polar surface area (TPSA) is 82.6 Å². The van der Waals surface area contributed by atoms with Crippen molar-refractivity contribution >= 4 is 38.3 Å². The fourth-order valence-corrected chi connectivity index (χ4v) is 4.69. The molecule has 1 aliphatic rings. The van der Waals surface area contributed by atoms with Crippen LogP contribution >= 0.6 is 0 Å². The van der Waals surface area contributed by atoms with Crippen LogP contribution in [0.2, 0.25) is 0 Å². The smallest absolute Gasteiger partial charge is 0.303 e. The number of fused-ring (bicyclic) bond motifs is 1. The van der Waals surface area contributed by atoms with Gasteiger partial charge in [-0.2, -0.15) is 12.7 Å². The van der Waals surface area contributed by atoms with Crippen molar-refractivity contribution < 1.29 is 13.2 Å². The van der Waals surface area contributed by atoms with Gasteiger partial charge in [0.25, 0.3) is 5.91 Å². The van der Waals surface area contributed by atoms with Crippen molar-refractivity contribution in [1.29, 1.82) is 0 Å². The van der Waals surface area contributed by atoms with Crippen LogP contribution in [0.1, 0.15) is 16.8 Å². The molecule has 7 nitrogen and oxygen atoms in total. The van der Waals surface area contributed by atoms with Crippen molar-refractivity contribution in [2.75, 3.05) is 29.8 Å². The molecule has 144 valence electrons. The second kappa shape index (κ2) is 7.21. The maximum atomic E-state index is 12.6. The molecule has 0 radical (unpaired) electrons. The molecule has 0 saturated carbocycles. The van der Waals surface area contributed by atoms with E-state index in [1.807, 2.05) is 24.3 Å². The van der Waals surface area contributed by atoms with E-state index in [2.05, 4.69) is 10.3 Å². The van der Waals surface area contributed by atoms with Gasteiger partial charge in [-0.15, -0.1) is 0 Å². The van der Waals surface area contributed by atoms with Crippen LogP contribution in [0.15, 0.2) is 60.9 Å². The standard InChI is InChI=1S/C20H20N4O3S/c1-23-11-2-12-24(28(23,26)27)19-7-4-16(5-8-19)20(25)22-18-6-3-15-9-10-21-14-17(15)13-18/h3-10,13-14H,2,11-12H2,1H3,(H,22,25). The summed E-state index contributed by atoms with van der Waals surface area (Å²) in [6.45, 7) is 0.948. The molecule has 8 heteroatoms. The third kappa shape index (κ3) is 3.44. The molecule has 1 fully saturated rings. The number of pyridine rings is 1. The third-order valence-electron chi connectivity index (χ3n) is 4.82. The van der Waals surface area contributed by atoms with Crippen LogP contribution in [0.3, 0.4) is 0 Å². The van der Waals surface area contributed by atoms with E-state index in [9.17, 15) is 13.2 Å². The Labute approximate surface area is 163 Å². The summed E-state index contributed by atoms with van der Waals surface area (Å²) in [6.07, 6.45) is 4.23. The van der Waals surface area contributed by atoms with Gasteiger partial charge < -0.3 is 5.32 Å². The first kappa shape index (κ1) is 18.4. The zero-order chi connectivity index (χ0) is 19.7. The van der Waals surface area contributed by atoms with Gasteiger partial charge in [-0.3, -0.25) is 14.1 Å². The summed E-state index contributed by atoms with van der Waals surface area (Å²) in [7, 11) is -1.93. The number of anilines is 2. The molecule has 0 atom stereocenters. The summed E-state index contributed by atoms with van der Waals surface area (Å²) in [5, 5.41) is 4.85. The average molecular weight is 396 g/mol. The normalized spacial score (nSPS) is 16.8. The van der Waals surface area contributed by atoms with Gasteiger partial charge in [0.1, 0.15) is 0 Å². The van der Waals surface area contributed by atoms with Gasteiger partial charge >= 0.3 is 10.2 Å². The van der Waals surface area contributed by atoms with E-state index < -0.39 is 10.2 Å². The fourth-order valence-electron chi connectivity index (χ4n) is 3.24. The summed E-state index contributed by atoms with van der Waals surface area (Å²) in [6, 6.07) is 14.1. The second-order valence-corrected chi connectivity index (χ2v) is 8.65. The molecule has 4 rings (SSSR count). The first-order valence-corrected chi connectivity index (χ1v) is 10.3. The highest BCUT2D eigenvalue weighted by Gasteiger charge is 2.30. The Kier molecular flexibility index (Phi) is 4.74. The minimum Gasteiger partial charge on any atom is -0.322 e. The zero-order valence-electron chi connectivity index (χ0n) is 15.4. The number of carbonyl (C=O) groups is 1. The van der Waals surface area contributed by atoms with E-state index in [1.165, 1.54) is 8.61 Å². The van der Waals surface area contributed by atoms with Crippen LogP contribution in [0.4, 0.5) is 11.4 Å². The molecular formula is C20H20N4O3S. The van der Waals surface area contributed by atoms with Crippen LogP contribution in [0.25, 0.3) is 10.8 Å². The fraction of sp³-hybridized carbons (Fsp3) is 0.200.